The van der Waals surface area contributed by atoms with E-state index in [1.807, 2.05) is 60.7 Å². The molecule has 0 aliphatic carbocycles. The largest absolute Gasteiger partial charge is 0.487 e. The number of carboxylic acid groups (broad SMARTS) is 1. The highest BCUT2D eigenvalue weighted by atomic mass is 32.2. The molecule has 0 bridgehead atoms. The van der Waals surface area contributed by atoms with E-state index in [0.717, 1.165) is 66.3 Å². The maximum atomic E-state index is 13.6. The van der Waals surface area contributed by atoms with Gasteiger partial charge in [0.25, 0.3) is 0 Å². The molecule has 3 heterocycles. The quantitative estimate of drug-likeness (QED) is 0.148. The monoisotopic (exact) mass is 653 g/mol. The number of thioether (sulfide) groups is 1. The van der Waals surface area contributed by atoms with Gasteiger partial charge in [-0.25, -0.2) is 9.97 Å². The first kappa shape index (κ1) is 31.8. The van der Waals surface area contributed by atoms with Gasteiger partial charge in [-0.15, -0.1) is 11.8 Å². The number of hydrogen-bond acceptors (Lipinski definition) is 6. The van der Waals surface area contributed by atoms with E-state index in [9.17, 15) is 14.3 Å². The maximum Gasteiger partial charge on any atom is 0.309 e. The number of thiazole rings is 1. The highest BCUT2D eigenvalue weighted by molar-refractivity contribution is 8.00. The summed E-state index contributed by atoms with van der Waals surface area (Å²) >= 11 is 2.76. The maximum absolute atomic E-state index is 13.6. The fourth-order valence-electron chi connectivity index (χ4n) is 5.39. The Kier molecular flexibility index (Phi) is 8.65. The second kappa shape index (κ2) is 12.5. The molecule has 3 aromatic carbocycles. The Labute approximate surface area is 276 Å². The Balaban J connectivity index is 1.40. The van der Waals surface area contributed by atoms with Crippen molar-refractivity contribution in [3.05, 3.63) is 107 Å². The van der Waals surface area contributed by atoms with Crippen LogP contribution in [0.2, 0.25) is 0 Å². The SMILES string of the molecule is CC(C)(C)Sc1c(CC(C)(C)C(=O)O)n(Cc2ccc(-c3ncc(F)s3)cc2)c2ccc(OCc3ccc4ccccc4n3)cc12. The molecule has 0 saturated heterocycles. The summed E-state index contributed by atoms with van der Waals surface area (Å²) in [7, 11) is 0. The van der Waals surface area contributed by atoms with Crippen LogP contribution in [0, 0.1) is 10.5 Å². The fraction of sp³-hybridized carbons (Fsp3) is 0.270. The van der Waals surface area contributed by atoms with Crippen molar-refractivity contribution in [2.45, 2.75) is 63.8 Å². The minimum atomic E-state index is -0.987. The second-order valence-corrected chi connectivity index (χ2v) is 15.9. The van der Waals surface area contributed by atoms with Crippen LogP contribution in [0.4, 0.5) is 4.39 Å². The topological polar surface area (TPSA) is 77.2 Å². The summed E-state index contributed by atoms with van der Waals surface area (Å²) in [6.45, 7) is 10.9. The number of carboxylic acids is 1. The molecule has 6 aromatic rings. The fourth-order valence-corrected chi connectivity index (χ4v) is 7.22. The first-order chi connectivity index (χ1) is 21.9. The lowest BCUT2D eigenvalue weighted by Gasteiger charge is -2.24. The molecule has 0 aliphatic heterocycles. The standard InChI is InChI=1S/C37H36FN3O3S2/c1-36(2,3)46-33-28-18-27(44-22-26-15-14-24-8-6-7-9-29(24)40-26)16-17-30(28)41(31(33)19-37(4,5)35(42)43)21-23-10-12-25(13-11-23)34-39-20-32(38)45-34/h6-18,20H,19,21-22H2,1-5H3,(H,42,43). The van der Waals surface area contributed by atoms with Gasteiger partial charge in [0.1, 0.15) is 17.4 Å². The van der Waals surface area contributed by atoms with Gasteiger partial charge in [0.05, 0.1) is 22.8 Å². The van der Waals surface area contributed by atoms with Gasteiger partial charge in [-0.2, -0.15) is 4.39 Å². The third kappa shape index (κ3) is 6.95. The number of pyridine rings is 1. The van der Waals surface area contributed by atoms with Crippen LogP contribution in [-0.4, -0.2) is 30.4 Å². The molecule has 46 heavy (non-hydrogen) atoms. The summed E-state index contributed by atoms with van der Waals surface area (Å²) in [5.41, 5.74) is 4.66. The van der Waals surface area contributed by atoms with Crippen molar-refractivity contribution in [2.75, 3.05) is 0 Å². The number of benzene rings is 3. The van der Waals surface area contributed by atoms with E-state index in [0.29, 0.717) is 24.6 Å². The molecule has 0 spiro atoms. The highest BCUT2D eigenvalue weighted by Gasteiger charge is 2.33. The van der Waals surface area contributed by atoms with Crippen LogP contribution < -0.4 is 4.74 Å². The lowest BCUT2D eigenvalue weighted by atomic mass is 9.88. The molecule has 0 saturated carbocycles. The zero-order valence-electron chi connectivity index (χ0n) is 26.5. The van der Waals surface area contributed by atoms with Gasteiger partial charge in [0.2, 0.25) is 0 Å². The van der Waals surface area contributed by atoms with Gasteiger partial charge >= 0.3 is 5.97 Å². The minimum Gasteiger partial charge on any atom is -0.487 e. The Morgan fingerprint density at radius 1 is 1.00 bits per heavy atom. The van der Waals surface area contributed by atoms with Crippen LogP contribution in [0.3, 0.4) is 0 Å². The Hall–Kier alpha value is -4.21. The molecular weight excluding hydrogens is 618 g/mol. The average Bonchev–Trinajstić information content (AvgIpc) is 3.56. The van der Waals surface area contributed by atoms with Gasteiger partial charge in [-0.3, -0.25) is 4.79 Å². The average molecular weight is 654 g/mol. The molecule has 3 aromatic heterocycles. The van der Waals surface area contributed by atoms with Crippen molar-refractivity contribution in [3.8, 4) is 16.3 Å². The molecular formula is C37H36FN3O3S2. The summed E-state index contributed by atoms with van der Waals surface area (Å²) in [5.74, 6) is -0.123. The van der Waals surface area contributed by atoms with Gasteiger partial charge in [0, 0.05) is 50.2 Å². The third-order valence-electron chi connectivity index (χ3n) is 7.75. The number of para-hydroxylation sites is 1. The number of aliphatic carboxylic acids is 1. The van der Waals surface area contributed by atoms with Crippen LogP contribution in [0.15, 0.2) is 90.0 Å². The Morgan fingerprint density at radius 3 is 2.46 bits per heavy atom. The van der Waals surface area contributed by atoms with Crippen molar-refractivity contribution < 1.29 is 19.0 Å². The van der Waals surface area contributed by atoms with Gasteiger partial charge in [-0.05, 0) is 49.7 Å². The number of carbonyl (C=O) groups is 1. The Morgan fingerprint density at radius 2 is 1.76 bits per heavy atom. The zero-order valence-corrected chi connectivity index (χ0v) is 28.1. The minimum absolute atomic E-state index is 0.127. The van der Waals surface area contributed by atoms with Crippen LogP contribution in [0.25, 0.3) is 32.4 Å². The molecule has 0 amide bonds. The lowest BCUT2D eigenvalue weighted by Crippen LogP contribution is -2.28. The van der Waals surface area contributed by atoms with Crippen LogP contribution >= 0.6 is 23.1 Å². The summed E-state index contributed by atoms with van der Waals surface area (Å²) in [5, 5.41) is 12.6. The van der Waals surface area contributed by atoms with E-state index < -0.39 is 11.4 Å². The number of fused-ring (bicyclic) bond motifs is 2. The predicted molar refractivity (Wildman–Crippen MR) is 185 cm³/mol. The third-order valence-corrected chi connectivity index (χ3v) is 9.86. The van der Waals surface area contributed by atoms with Crippen molar-refractivity contribution in [3.63, 3.8) is 0 Å². The van der Waals surface area contributed by atoms with Crippen molar-refractivity contribution in [2.24, 2.45) is 5.41 Å². The van der Waals surface area contributed by atoms with E-state index in [2.05, 4.69) is 48.5 Å². The summed E-state index contributed by atoms with van der Waals surface area (Å²) in [6, 6.07) is 26.1. The highest BCUT2D eigenvalue weighted by Crippen LogP contribution is 2.44. The summed E-state index contributed by atoms with van der Waals surface area (Å²) < 4.78 is 22.0. The van der Waals surface area contributed by atoms with Crippen molar-refractivity contribution in [1.82, 2.24) is 14.5 Å². The second-order valence-electron chi connectivity index (χ2n) is 13.1. The van der Waals surface area contributed by atoms with E-state index in [-0.39, 0.29) is 9.88 Å². The molecule has 1 N–H and O–H groups in total. The van der Waals surface area contributed by atoms with Crippen molar-refractivity contribution in [1.29, 1.82) is 0 Å². The molecule has 0 aliphatic rings. The van der Waals surface area contributed by atoms with Crippen LogP contribution in [0.5, 0.6) is 5.75 Å². The smallest absolute Gasteiger partial charge is 0.309 e. The van der Waals surface area contributed by atoms with Crippen LogP contribution in [0.1, 0.15) is 51.6 Å². The molecule has 0 radical (unpaired) electrons. The molecule has 6 nitrogen and oxygen atoms in total. The number of nitrogens with zero attached hydrogens (tertiary/aromatic N) is 3. The van der Waals surface area contributed by atoms with Crippen molar-refractivity contribution >= 4 is 50.9 Å². The number of aromatic nitrogens is 3. The van der Waals surface area contributed by atoms with Crippen LogP contribution in [-0.2, 0) is 24.4 Å². The molecule has 236 valence electrons. The predicted octanol–water partition coefficient (Wildman–Crippen LogP) is 9.62. The van der Waals surface area contributed by atoms with E-state index in [1.54, 1.807) is 25.6 Å². The normalized spacial score (nSPS) is 12.2. The lowest BCUT2D eigenvalue weighted by molar-refractivity contribution is -0.146. The van der Waals surface area contributed by atoms with E-state index in [1.165, 1.54) is 6.20 Å². The van der Waals surface area contributed by atoms with Gasteiger partial charge in [0.15, 0.2) is 5.13 Å². The number of hydrogen-bond donors (Lipinski definition) is 1. The van der Waals surface area contributed by atoms with E-state index in [4.69, 9.17) is 9.72 Å². The summed E-state index contributed by atoms with van der Waals surface area (Å²) in [4.78, 5) is 22.3. The number of halogens is 1. The zero-order chi connectivity index (χ0) is 32.6. The molecule has 9 heteroatoms. The number of rotatable bonds is 10. The van der Waals surface area contributed by atoms with Gasteiger partial charge in [-0.1, -0.05) is 80.6 Å². The first-order valence-electron chi connectivity index (χ1n) is 15.1. The molecule has 0 unspecified atom stereocenters. The molecule has 0 fully saturated rings. The van der Waals surface area contributed by atoms with Gasteiger partial charge < -0.3 is 14.4 Å². The first-order valence-corrected chi connectivity index (χ1v) is 16.8. The Bertz CT molecular complexity index is 2040. The summed E-state index contributed by atoms with van der Waals surface area (Å²) in [6.07, 6.45) is 1.59. The molecule has 0 atom stereocenters. The number of ether oxygens (including phenoxy) is 1. The molecule has 6 rings (SSSR count). The van der Waals surface area contributed by atoms with E-state index >= 15 is 0 Å².